The van der Waals surface area contributed by atoms with Crippen molar-refractivity contribution < 1.29 is 0 Å². The third-order valence-corrected chi connectivity index (χ3v) is 7.15. The monoisotopic (exact) mass is 518 g/mol. The molecule has 4 heteroatoms. The van der Waals surface area contributed by atoms with Crippen LogP contribution in [-0.2, 0) is 0 Å². The lowest BCUT2D eigenvalue weighted by Crippen LogP contribution is -1.98. The van der Waals surface area contributed by atoms with E-state index < -0.39 is 0 Å². The number of nitrogens with zero attached hydrogens (tertiary/aromatic N) is 4. The van der Waals surface area contributed by atoms with Crippen molar-refractivity contribution in [2.45, 2.75) is 27.7 Å². The third kappa shape index (κ3) is 4.92. The predicted molar refractivity (Wildman–Crippen MR) is 164 cm³/mol. The van der Waals surface area contributed by atoms with Crippen molar-refractivity contribution in [2.24, 2.45) is 0 Å². The first-order valence-corrected chi connectivity index (χ1v) is 13.5. The molecule has 40 heavy (non-hydrogen) atoms. The summed E-state index contributed by atoms with van der Waals surface area (Å²) in [6, 6.07) is 37.3. The van der Waals surface area contributed by atoms with Gasteiger partial charge in [0.25, 0.3) is 0 Å². The topological polar surface area (TPSA) is 51.6 Å². The van der Waals surface area contributed by atoms with E-state index in [0.29, 0.717) is 0 Å². The molecule has 194 valence electrons. The molecule has 0 fully saturated rings. The van der Waals surface area contributed by atoms with E-state index in [1.54, 1.807) is 0 Å². The van der Waals surface area contributed by atoms with Gasteiger partial charge >= 0.3 is 0 Å². The van der Waals surface area contributed by atoms with Crippen LogP contribution < -0.4 is 0 Å². The molecule has 0 spiro atoms. The number of aryl methyl sites for hydroxylation is 4. The Kier molecular flexibility index (Phi) is 6.75. The Bertz CT molecular complexity index is 1720. The lowest BCUT2D eigenvalue weighted by molar-refractivity contribution is 1.18. The zero-order valence-electron chi connectivity index (χ0n) is 23.2. The van der Waals surface area contributed by atoms with E-state index in [1.165, 1.54) is 22.3 Å². The number of aromatic nitrogens is 4. The molecule has 0 aliphatic carbocycles. The zero-order valence-corrected chi connectivity index (χ0v) is 23.2. The van der Waals surface area contributed by atoms with Crippen molar-refractivity contribution in [1.29, 1.82) is 0 Å². The molecule has 0 amide bonds. The first kappa shape index (κ1) is 25.3. The van der Waals surface area contributed by atoms with Gasteiger partial charge in [0.1, 0.15) is 0 Å². The first-order valence-electron chi connectivity index (χ1n) is 13.5. The molecule has 0 radical (unpaired) electrons. The van der Waals surface area contributed by atoms with Crippen LogP contribution in [0.15, 0.2) is 109 Å². The molecule has 0 bridgehead atoms. The van der Waals surface area contributed by atoms with E-state index in [2.05, 4.69) is 74.5 Å². The fourth-order valence-corrected chi connectivity index (χ4v) is 5.25. The minimum atomic E-state index is 0.860. The molecule has 4 aromatic heterocycles. The van der Waals surface area contributed by atoms with Crippen LogP contribution in [0.2, 0.25) is 0 Å². The van der Waals surface area contributed by atoms with Crippen LogP contribution in [0.3, 0.4) is 0 Å². The van der Waals surface area contributed by atoms with Crippen LogP contribution in [-0.4, -0.2) is 19.9 Å². The van der Waals surface area contributed by atoms with Gasteiger partial charge in [-0.05, 0) is 98.5 Å². The summed E-state index contributed by atoms with van der Waals surface area (Å²) in [5.41, 5.74) is 14.1. The van der Waals surface area contributed by atoms with E-state index in [9.17, 15) is 0 Å². The average molecular weight is 519 g/mol. The lowest BCUT2D eigenvalue weighted by Gasteiger charge is -2.19. The van der Waals surface area contributed by atoms with Crippen molar-refractivity contribution in [3.05, 3.63) is 132 Å². The first-order chi connectivity index (χ1) is 19.5. The maximum atomic E-state index is 5.09. The fourth-order valence-electron chi connectivity index (χ4n) is 5.25. The van der Waals surface area contributed by atoms with Crippen LogP contribution in [0.5, 0.6) is 0 Å². The molecule has 0 aliphatic rings. The quantitative estimate of drug-likeness (QED) is 0.229. The van der Waals surface area contributed by atoms with Crippen LogP contribution in [0, 0.1) is 27.7 Å². The minimum absolute atomic E-state index is 0.860. The van der Waals surface area contributed by atoms with Crippen molar-refractivity contribution in [1.82, 2.24) is 19.9 Å². The Hall–Kier alpha value is -4.96. The summed E-state index contributed by atoms with van der Waals surface area (Å²) >= 11 is 0. The van der Waals surface area contributed by atoms with Gasteiger partial charge in [0.2, 0.25) is 0 Å². The number of hydrogen-bond acceptors (Lipinski definition) is 4. The summed E-state index contributed by atoms with van der Waals surface area (Å²) in [4.78, 5) is 19.6. The second-order valence-electron chi connectivity index (χ2n) is 10.1. The molecule has 0 atom stereocenters. The van der Waals surface area contributed by atoms with Crippen molar-refractivity contribution in [2.75, 3.05) is 0 Å². The molecule has 0 saturated heterocycles. The van der Waals surface area contributed by atoms with E-state index in [0.717, 1.165) is 56.7 Å². The standard InChI is InChI=1S/C36H30N4/c1-23-11-5-15-27(29-17-9-21-33(39-29)31-19-7-13-25(3)37-31)35(23)36-24(2)12-6-16-28(36)30-18-10-22-34(40-30)32-20-8-14-26(4)38-32/h5-22H,1-4H3. The number of benzene rings is 2. The van der Waals surface area contributed by atoms with Crippen molar-refractivity contribution in [3.8, 4) is 56.4 Å². The van der Waals surface area contributed by atoms with Gasteiger partial charge in [0.15, 0.2) is 0 Å². The largest absolute Gasteiger partial charge is 0.251 e. The Balaban J connectivity index is 1.53. The van der Waals surface area contributed by atoms with Crippen LogP contribution >= 0.6 is 0 Å². The van der Waals surface area contributed by atoms with Crippen molar-refractivity contribution in [3.63, 3.8) is 0 Å². The van der Waals surface area contributed by atoms with Gasteiger partial charge in [-0.25, -0.2) is 9.97 Å². The zero-order chi connectivity index (χ0) is 27.6. The maximum absolute atomic E-state index is 5.09. The summed E-state index contributed by atoms with van der Waals surface area (Å²) in [5, 5.41) is 0. The highest BCUT2D eigenvalue weighted by Crippen LogP contribution is 2.41. The van der Waals surface area contributed by atoms with E-state index in [-0.39, 0.29) is 0 Å². The fraction of sp³-hybridized carbons (Fsp3) is 0.111. The number of rotatable bonds is 5. The maximum Gasteiger partial charge on any atom is 0.0893 e. The number of hydrogen-bond donors (Lipinski definition) is 0. The molecule has 2 aromatic carbocycles. The molecule has 0 aliphatic heterocycles. The van der Waals surface area contributed by atoms with Gasteiger partial charge in [-0.15, -0.1) is 0 Å². The van der Waals surface area contributed by atoms with Gasteiger partial charge in [-0.2, -0.15) is 0 Å². The molecule has 4 nitrogen and oxygen atoms in total. The molecule has 6 aromatic rings. The Morgan fingerprint density at radius 2 is 0.650 bits per heavy atom. The van der Waals surface area contributed by atoms with Crippen molar-refractivity contribution >= 4 is 0 Å². The van der Waals surface area contributed by atoms with E-state index >= 15 is 0 Å². The molecule has 6 rings (SSSR count). The van der Waals surface area contributed by atoms with E-state index in [1.807, 2.05) is 62.4 Å². The van der Waals surface area contributed by atoms with Gasteiger partial charge in [-0.3, -0.25) is 9.97 Å². The Morgan fingerprint density at radius 1 is 0.325 bits per heavy atom. The summed E-state index contributed by atoms with van der Waals surface area (Å²) in [6.07, 6.45) is 0. The minimum Gasteiger partial charge on any atom is -0.251 e. The molecule has 4 heterocycles. The molecule has 0 N–H and O–H groups in total. The second-order valence-corrected chi connectivity index (χ2v) is 10.1. The lowest BCUT2D eigenvalue weighted by atomic mass is 9.86. The third-order valence-electron chi connectivity index (χ3n) is 7.15. The van der Waals surface area contributed by atoms with Crippen LogP contribution in [0.1, 0.15) is 22.5 Å². The SMILES string of the molecule is Cc1cccc(-c2cccc(-c3cccc(C)c3-c3c(C)cccc3-c3cccc(-c4cccc(C)n4)n3)n2)n1. The summed E-state index contributed by atoms with van der Waals surface area (Å²) in [5.74, 6) is 0. The Morgan fingerprint density at radius 3 is 1.05 bits per heavy atom. The predicted octanol–water partition coefficient (Wildman–Crippen LogP) is 8.84. The van der Waals surface area contributed by atoms with E-state index in [4.69, 9.17) is 19.9 Å². The van der Waals surface area contributed by atoms with Gasteiger partial charge in [0, 0.05) is 22.5 Å². The van der Waals surface area contributed by atoms with Crippen LogP contribution in [0.25, 0.3) is 56.4 Å². The molecular weight excluding hydrogens is 488 g/mol. The highest BCUT2D eigenvalue weighted by atomic mass is 14.8. The van der Waals surface area contributed by atoms with Gasteiger partial charge < -0.3 is 0 Å². The highest BCUT2D eigenvalue weighted by molar-refractivity contribution is 5.93. The normalized spacial score (nSPS) is 11.0. The molecular formula is C36H30N4. The molecule has 0 unspecified atom stereocenters. The number of pyridine rings is 4. The van der Waals surface area contributed by atoms with Gasteiger partial charge in [0.05, 0.1) is 34.2 Å². The highest BCUT2D eigenvalue weighted by Gasteiger charge is 2.19. The van der Waals surface area contributed by atoms with Crippen LogP contribution in [0.4, 0.5) is 0 Å². The smallest absolute Gasteiger partial charge is 0.0893 e. The molecule has 0 saturated carbocycles. The second kappa shape index (κ2) is 10.7. The average Bonchev–Trinajstić information content (AvgIpc) is 2.97. The summed E-state index contributed by atoms with van der Waals surface area (Å²) in [7, 11) is 0. The Labute approximate surface area is 235 Å². The summed E-state index contributed by atoms with van der Waals surface area (Å²) in [6.45, 7) is 8.34. The van der Waals surface area contributed by atoms with Gasteiger partial charge in [-0.1, -0.05) is 60.7 Å². The summed E-state index contributed by atoms with van der Waals surface area (Å²) < 4.78 is 0.